The Morgan fingerprint density at radius 2 is 0.810 bits per heavy atom. The van der Waals surface area contributed by atoms with E-state index in [9.17, 15) is 22.8 Å². The van der Waals surface area contributed by atoms with E-state index in [-0.39, 0.29) is 12.1 Å². The lowest BCUT2D eigenvalue weighted by Crippen LogP contribution is -2.44. The molecule has 8 rings (SSSR count). The molecule has 0 aromatic heterocycles. The second-order valence-corrected chi connectivity index (χ2v) is 19.4. The largest absolute Gasteiger partial charge is 0.490 e. The lowest BCUT2D eigenvalue weighted by atomic mass is 9.84. The summed E-state index contributed by atoms with van der Waals surface area (Å²) in [7, 11) is 0. The number of nitrogens with zero attached hydrogens (tertiary/aromatic N) is 2. The van der Waals surface area contributed by atoms with Crippen molar-refractivity contribution in [2.75, 3.05) is 26.2 Å². The van der Waals surface area contributed by atoms with Gasteiger partial charge in [0.1, 0.15) is 0 Å². The maximum absolute atomic E-state index is 12.5. The van der Waals surface area contributed by atoms with Crippen molar-refractivity contribution in [3.8, 4) is 0 Å². The topological polar surface area (TPSA) is 126 Å². The number of amides is 4. The minimum Gasteiger partial charge on any atom is -0.475 e. The van der Waals surface area contributed by atoms with E-state index in [4.69, 9.17) is 9.90 Å². The summed E-state index contributed by atoms with van der Waals surface area (Å²) in [6.45, 7) is 3.99. The summed E-state index contributed by atoms with van der Waals surface area (Å²) in [6.07, 6.45) is 21.7. The van der Waals surface area contributed by atoms with Gasteiger partial charge in [-0.3, -0.25) is 9.80 Å². The number of aliphatic carboxylic acids is 1. The van der Waals surface area contributed by atoms with E-state index in [1.807, 2.05) is 0 Å². The van der Waals surface area contributed by atoms with Gasteiger partial charge < -0.3 is 26.4 Å². The normalized spacial score (nSPS) is 27.2. The highest BCUT2D eigenvalue weighted by molar-refractivity contribution is 5.74. The van der Waals surface area contributed by atoms with E-state index < -0.39 is 12.1 Å². The summed E-state index contributed by atoms with van der Waals surface area (Å²) in [5.41, 5.74) is 6.35. The van der Waals surface area contributed by atoms with Crippen LogP contribution in [0.4, 0.5) is 22.8 Å². The van der Waals surface area contributed by atoms with Crippen molar-refractivity contribution < 1.29 is 32.7 Å². The summed E-state index contributed by atoms with van der Waals surface area (Å²) in [5, 5.41) is 19.9. The molecule has 0 radical (unpaired) electrons. The summed E-state index contributed by atoms with van der Waals surface area (Å²) in [6, 6.07) is 21.6. The standard InChI is InChI=1S/C48H72N6O2.C2HF3O2/c55-47(51-37-21-17-35(18-22-37)29-33-53-43-25-26-44(53)40-14-8-7-13-39(40)43)49-31-11-5-3-1-2-4-6-12-32-50-48(56)52-38-23-19-36(20-24-38)30-34-54-45-27-28-46(54)42-16-10-9-15-41(42)45;3-2(4,5)1(6)7/h7-10,13-16,35-38,43-46H,1-6,11-12,17-34H2,(H2,49,51,55)(H2,50,52,56);(H,6,7)/t35?,36?,37?,38?,43-,44+,45-,46+;. The Bertz CT molecular complexity index is 1600. The number of rotatable bonds is 19. The van der Waals surface area contributed by atoms with Crippen LogP contribution in [-0.2, 0) is 4.79 Å². The van der Waals surface area contributed by atoms with Crippen LogP contribution in [0.3, 0.4) is 0 Å². The van der Waals surface area contributed by atoms with Crippen LogP contribution in [0.5, 0.6) is 0 Å². The average Bonchev–Trinajstić information content (AvgIpc) is 4.04. The van der Waals surface area contributed by atoms with Crippen molar-refractivity contribution in [1.29, 1.82) is 0 Å². The van der Waals surface area contributed by atoms with Gasteiger partial charge in [0.15, 0.2) is 0 Å². The van der Waals surface area contributed by atoms with Gasteiger partial charge in [0.05, 0.1) is 0 Å². The van der Waals surface area contributed by atoms with Crippen LogP contribution >= 0.6 is 0 Å². The van der Waals surface area contributed by atoms with Gasteiger partial charge in [-0.2, -0.15) is 13.2 Å². The molecule has 2 aromatic rings. The third-order valence-corrected chi connectivity index (χ3v) is 15.3. The lowest BCUT2D eigenvalue weighted by Gasteiger charge is -2.31. The smallest absolute Gasteiger partial charge is 0.475 e. The maximum Gasteiger partial charge on any atom is 0.490 e. The average molecular weight is 879 g/mol. The molecule has 6 aliphatic rings. The number of fused-ring (bicyclic) bond motifs is 10. The van der Waals surface area contributed by atoms with E-state index in [1.165, 1.54) is 116 Å². The van der Waals surface area contributed by atoms with E-state index in [0.29, 0.717) is 36.3 Å². The number of carboxylic acid groups (broad SMARTS) is 1. The molecular weight excluding hydrogens is 806 g/mol. The molecule has 4 aliphatic heterocycles. The maximum atomic E-state index is 12.5. The first-order chi connectivity index (χ1) is 30.5. The van der Waals surface area contributed by atoms with Gasteiger partial charge in [-0.25, -0.2) is 14.4 Å². The monoisotopic (exact) mass is 879 g/mol. The van der Waals surface area contributed by atoms with E-state index in [2.05, 4.69) is 79.6 Å². The Kier molecular flexibility index (Phi) is 17.1. The third-order valence-electron chi connectivity index (χ3n) is 15.3. The van der Waals surface area contributed by atoms with Crippen LogP contribution < -0.4 is 21.3 Å². The Morgan fingerprint density at radius 3 is 1.11 bits per heavy atom. The molecule has 2 saturated carbocycles. The number of benzene rings is 2. The molecule has 348 valence electrons. The summed E-state index contributed by atoms with van der Waals surface area (Å²) in [5.74, 6) is -1.16. The van der Waals surface area contributed by atoms with Gasteiger partial charge in [-0.05, 0) is 150 Å². The van der Waals surface area contributed by atoms with E-state index in [1.54, 1.807) is 22.3 Å². The highest BCUT2D eigenvalue weighted by Gasteiger charge is 2.44. The molecule has 4 heterocycles. The van der Waals surface area contributed by atoms with Crippen LogP contribution in [-0.4, -0.2) is 77.4 Å². The van der Waals surface area contributed by atoms with Gasteiger partial charge >= 0.3 is 24.2 Å². The zero-order valence-electron chi connectivity index (χ0n) is 37.3. The number of carbonyl (C=O) groups excluding carboxylic acids is 2. The zero-order valence-corrected chi connectivity index (χ0v) is 37.3. The van der Waals surface area contributed by atoms with Crippen molar-refractivity contribution in [1.82, 2.24) is 31.1 Å². The Hall–Kier alpha value is -3.84. The van der Waals surface area contributed by atoms with Crippen molar-refractivity contribution in [3.63, 3.8) is 0 Å². The zero-order chi connectivity index (χ0) is 44.2. The second-order valence-electron chi connectivity index (χ2n) is 19.4. The fourth-order valence-corrected chi connectivity index (χ4v) is 12.0. The van der Waals surface area contributed by atoms with Crippen molar-refractivity contribution in [2.24, 2.45) is 11.8 Å². The minimum atomic E-state index is -5.08. The summed E-state index contributed by atoms with van der Waals surface area (Å²) in [4.78, 5) is 39.5. The van der Waals surface area contributed by atoms with Crippen molar-refractivity contribution in [3.05, 3.63) is 70.8 Å². The highest BCUT2D eigenvalue weighted by atomic mass is 19.4. The van der Waals surface area contributed by atoms with Gasteiger partial charge in [0.2, 0.25) is 0 Å². The van der Waals surface area contributed by atoms with Crippen molar-refractivity contribution >= 4 is 18.0 Å². The van der Waals surface area contributed by atoms with Crippen LogP contribution in [0, 0.1) is 11.8 Å². The number of nitrogens with one attached hydrogen (secondary N) is 4. The summed E-state index contributed by atoms with van der Waals surface area (Å²) >= 11 is 0. The van der Waals surface area contributed by atoms with Gasteiger partial charge in [-0.1, -0.05) is 87.1 Å². The van der Waals surface area contributed by atoms with E-state index >= 15 is 0 Å². The lowest BCUT2D eigenvalue weighted by molar-refractivity contribution is -0.192. The first-order valence-corrected chi connectivity index (χ1v) is 24.6. The van der Waals surface area contributed by atoms with Gasteiger partial charge in [0.25, 0.3) is 0 Å². The minimum absolute atomic E-state index is 0.0243. The number of hydrogen-bond donors (Lipinski definition) is 5. The SMILES string of the molecule is O=C(NCCCCCCCCCCNC(=O)NC1CCC(CCN2[C@@H]3CC[C@H]2c2ccccc23)CC1)NC1CCC(CCN2[C@@H]3CC[C@H]2c2ccccc23)CC1.O=C(O)C(F)(F)F. The predicted molar refractivity (Wildman–Crippen MR) is 240 cm³/mol. The third kappa shape index (κ3) is 12.9. The molecule has 13 heteroatoms. The number of alkyl halides is 3. The molecule has 2 aliphatic carbocycles. The number of halogens is 3. The highest BCUT2D eigenvalue weighted by Crippen LogP contribution is 2.54. The molecule has 4 atom stereocenters. The van der Waals surface area contributed by atoms with Crippen LogP contribution in [0.2, 0.25) is 0 Å². The van der Waals surface area contributed by atoms with E-state index in [0.717, 1.165) is 63.5 Å². The fourth-order valence-electron chi connectivity index (χ4n) is 12.0. The van der Waals surface area contributed by atoms with Gasteiger partial charge in [-0.15, -0.1) is 0 Å². The molecule has 0 spiro atoms. The van der Waals surface area contributed by atoms with Crippen LogP contribution in [0.15, 0.2) is 48.5 Å². The van der Waals surface area contributed by atoms with Crippen molar-refractivity contribution in [2.45, 2.75) is 184 Å². The molecule has 4 bridgehead atoms. The van der Waals surface area contributed by atoms with Crippen LogP contribution in [0.1, 0.15) is 188 Å². The number of unbranched alkanes of at least 4 members (excludes halogenated alkanes) is 7. The van der Waals surface area contributed by atoms with Crippen LogP contribution in [0.25, 0.3) is 0 Å². The first kappa shape index (κ1) is 47.1. The Labute approximate surface area is 373 Å². The Morgan fingerprint density at radius 1 is 0.508 bits per heavy atom. The molecule has 4 amide bonds. The number of carbonyl (C=O) groups is 3. The molecule has 5 N–H and O–H groups in total. The fraction of sp³-hybridized carbons (Fsp3) is 0.700. The second kappa shape index (κ2) is 22.9. The number of urea groups is 2. The first-order valence-electron chi connectivity index (χ1n) is 24.6. The number of hydrogen-bond acceptors (Lipinski definition) is 5. The summed E-state index contributed by atoms with van der Waals surface area (Å²) < 4.78 is 31.7. The molecule has 10 nitrogen and oxygen atoms in total. The van der Waals surface area contributed by atoms with Gasteiger partial charge in [0, 0.05) is 49.3 Å². The molecule has 63 heavy (non-hydrogen) atoms. The number of carboxylic acids is 1. The predicted octanol–water partition coefficient (Wildman–Crippen LogP) is 11.0. The quantitative estimate of drug-likeness (QED) is 0.0895. The molecule has 4 fully saturated rings. The Balaban J connectivity index is 0.000000785. The molecular formula is C50H73F3N6O4. The molecule has 2 aromatic carbocycles. The molecule has 2 saturated heterocycles. The molecule has 0 unspecified atom stereocenters.